The number of nitrogens with one attached hydrogen (secondary N) is 2. The summed E-state index contributed by atoms with van der Waals surface area (Å²) in [4.78, 5) is 17.4. The van der Waals surface area contributed by atoms with Gasteiger partial charge in [0.2, 0.25) is 0 Å². The number of H-pyrrole nitrogens is 2. The van der Waals surface area contributed by atoms with Crippen molar-refractivity contribution in [1.29, 1.82) is 0 Å². The first kappa shape index (κ1) is 18.3. The molecule has 0 bridgehead atoms. The SMILES string of the molecule is COc1cccc(-c2cccc3[nH]c(-c4n[nH]c5ccc(-c6cccnc6)nc45)nc23)c1. The topological polar surface area (TPSA) is 92.4 Å². The van der Waals surface area contributed by atoms with Gasteiger partial charge in [0.1, 0.15) is 11.3 Å². The molecule has 0 fully saturated rings. The second-order valence-electron chi connectivity index (χ2n) is 7.43. The Bertz CT molecular complexity index is 1570. The lowest BCUT2D eigenvalue weighted by molar-refractivity contribution is 0.415. The summed E-state index contributed by atoms with van der Waals surface area (Å²) in [6, 6.07) is 21.9. The van der Waals surface area contributed by atoms with Gasteiger partial charge in [-0.3, -0.25) is 10.1 Å². The zero-order valence-corrected chi connectivity index (χ0v) is 17.2. The summed E-state index contributed by atoms with van der Waals surface area (Å²) in [6.45, 7) is 0. The molecule has 0 aliphatic rings. The molecule has 32 heavy (non-hydrogen) atoms. The van der Waals surface area contributed by atoms with Crippen molar-refractivity contribution < 1.29 is 4.74 Å². The van der Waals surface area contributed by atoms with Crippen molar-refractivity contribution in [2.75, 3.05) is 7.11 Å². The number of ether oxygens (including phenoxy) is 1. The normalized spacial score (nSPS) is 11.3. The van der Waals surface area contributed by atoms with Crippen molar-refractivity contribution in [3.05, 3.63) is 79.1 Å². The van der Waals surface area contributed by atoms with E-state index in [9.17, 15) is 0 Å². The molecule has 4 heterocycles. The highest BCUT2D eigenvalue weighted by Crippen LogP contribution is 2.32. The van der Waals surface area contributed by atoms with Crippen LogP contribution >= 0.6 is 0 Å². The van der Waals surface area contributed by atoms with Crippen LogP contribution in [0.3, 0.4) is 0 Å². The number of methoxy groups -OCH3 is 1. The molecule has 7 heteroatoms. The maximum absolute atomic E-state index is 5.39. The van der Waals surface area contributed by atoms with E-state index in [1.165, 1.54) is 0 Å². The highest BCUT2D eigenvalue weighted by Gasteiger charge is 2.17. The number of fused-ring (bicyclic) bond motifs is 2. The van der Waals surface area contributed by atoms with Gasteiger partial charge in [0.25, 0.3) is 0 Å². The molecule has 154 valence electrons. The third-order valence-electron chi connectivity index (χ3n) is 5.48. The van der Waals surface area contributed by atoms with E-state index in [0.29, 0.717) is 11.5 Å². The van der Waals surface area contributed by atoms with Crippen LogP contribution in [0.4, 0.5) is 0 Å². The van der Waals surface area contributed by atoms with Crippen LogP contribution in [0.15, 0.2) is 79.1 Å². The molecule has 0 saturated heterocycles. The summed E-state index contributed by atoms with van der Waals surface area (Å²) in [7, 11) is 1.67. The van der Waals surface area contributed by atoms with E-state index in [-0.39, 0.29) is 0 Å². The predicted molar refractivity (Wildman–Crippen MR) is 124 cm³/mol. The van der Waals surface area contributed by atoms with Gasteiger partial charge in [-0.1, -0.05) is 24.3 Å². The zero-order valence-electron chi connectivity index (χ0n) is 17.2. The molecule has 0 aliphatic heterocycles. The molecule has 2 aromatic carbocycles. The smallest absolute Gasteiger partial charge is 0.161 e. The quantitative estimate of drug-likeness (QED) is 0.408. The molecular formula is C25H18N6O. The zero-order chi connectivity index (χ0) is 21.5. The first-order valence-electron chi connectivity index (χ1n) is 10.2. The van der Waals surface area contributed by atoms with Gasteiger partial charge in [-0.15, -0.1) is 0 Å². The second kappa shape index (κ2) is 7.31. The minimum absolute atomic E-state index is 0.664. The van der Waals surface area contributed by atoms with E-state index in [0.717, 1.165) is 50.2 Å². The average Bonchev–Trinajstić information content (AvgIpc) is 3.48. The molecular weight excluding hydrogens is 400 g/mol. The summed E-state index contributed by atoms with van der Waals surface area (Å²) in [6.07, 6.45) is 3.55. The Kier molecular flexibility index (Phi) is 4.18. The summed E-state index contributed by atoms with van der Waals surface area (Å²) in [5, 5.41) is 7.57. The fourth-order valence-corrected chi connectivity index (χ4v) is 3.91. The molecule has 0 atom stereocenters. The summed E-state index contributed by atoms with van der Waals surface area (Å²) >= 11 is 0. The fourth-order valence-electron chi connectivity index (χ4n) is 3.91. The van der Waals surface area contributed by atoms with Gasteiger partial charge < -0.3 is 9.72 Å². The van der Waals surface area contributed by atoms with Gasteiger partial charge in [0.15, 0.2) is 11.5 Å². The third-order valence-corrected chi connectivity index (χ3v) is 5.48. The first-order chi connectivity index (χ1) is 15.8. The van der Waals surface area contributed by atoms with Gasteiger partial charge in [-0.05, 0) is 48.0 Å². The Labute approximate surface area is 183 Å². The number of nitrogens with zero attached hydrogens (tertiary/aromatic N) is 4. The minimum Gasteiger partial charge on any atom is -0.497 e. The van der Waals surface area contributed by atoms with Gasteiger partial charge >= 0.3 is 0 Å². The number of para-hydroxylation sites is 1. The number of aromatic amines is 2. The molecule has 0 saturated carbocycles. The molecule has 6 rings (SSSR count). The molecule has 2 N–H and O–H groups in total. The number of hydrogen-bond acceptors (Lipinski definition) is 5. The Balaban J connectivity index is 1.50. The van der Waals surface area contributed by atoms with Crippen LogP contribution in [0.25, 0.3) is 56.0 Å². The average molecular weight is 418 g/mol. The van der Waals surface area contributed by atoms with Crippen molar-refractivity contribution in [2.45, 2.75) is 0 Å². The van der Waals surface area contributed by atoms with Crippen molar-refractivity contribution in [3.63, 3.8) is 0 Å². The van der Waals surface area contributed by atoms with E-state index in [2.05, 4.69) is 32.3 Å². The number of rotatable bonds is 4. The summed E-state index contributed by atoms with van der Waals surface area (Å²) in [5.41, 5.74) is 7.93. The van der Waals surface area contributed by atoms with Crippen molar-refractivity contribution in [2.24, 2.45) is 0 Å². The highest BCUT2D eigenvalue weighted by molar-refractivity contribution is 5.96. The van der Waals surface area contributed by atoms with Crippen LogP contribution in [-0.2, 0) is 0 Å². The molecule has 0 amide bonds. The summed E-state index contributed by atoms with van der Waals surface area (Å²) < 4.78 is 5.39. The van der Waals surface area contributed by atoms with Crippen molar-refractivity contribution in [1.82, 2.24) is 30.1 Å². The Hall–Kier alpha value is -4.52. The standard InChI is InChI=1S/C25H18N6O/c1-32-17-7-2-5-15(13-17)18-8-3-9-20-22(18)29-25(28-20)24-23-21(30-31-24)11-10-19(27-23)16-6-4-12-26-14-16/h2-14H,1H3,(H,28,29)(H,30,31). The van der Waals surface area contributed by atoms with Crippen LogP contribution in [0, 0.1) is 0 Å². The lowest BCUT2D eigenvalue weighted by Gasteiger charge is -2.05. The Morgan fingerprint density at radius 3 is 2.59 bits per heavy atom. The molecule has 0 radical (unpaired) electrons. The monoisotopic (exact) mass is 418 g/mol. The van der Waals surface area contributed by atoms with Gasteiger partial charge in [-0.25, -0.2) is 9.97 Å². The van der Waals surface area contributed by atoms with Crippen molar-refractivity contribution >= 4 is 22.1 Å². The minimum atomic E-state index is 0.664. The molecule has 4 aromatic heterocycles. The molecule has 0 unspecified atom stereocenters. The predicted octanol–water partition coefficient (Wildman–Crippen LogP) is 5.24. The first-order valence-corrected chi connectivity index (χ1v) is 10.2. The van der Waals surface area contributed by atoms with Crippen LogP contribution in [0.2, 0.25) is 0 Å². The fraction of sp³-hybridized carbons (Fsp3) is 0.0400. The largest absolute Gasteiger partial charge is 0.497 e. The van der Waals surface area contributed by atoms with Gasteiger partial charge in [-0.2, -0.15) is 5.10 Å². The van der Waals surface area contributed by atoms with E-state index in [1.54, 1.807) is 19.5 Å². The van der Waals surface area contributed by atoms with Gasteiger partial charge in [0, 0.05) is 23.5 Å². The summed E-state index contributed by atoms with van der Waals surface area (Å²) in [5.74, 6) is 1.47. The molecule has 0 spiro atoms. The van der Waals surface area contributed by atoms with Crippen LogP contribution in [0.5, 0.6) is 5.75 Å². The van der Waals surface area contributed by atoms with E-state index < -0.39 is 0 Å². The number of benzene rings is 2. The number of imidazole rings is 1. The number of aromatic nitrogens is 6. The van der Waals surface area contributed by atoms with E-state index in [1.807, 2.05) is 54.6 Å². The van der Waals surface area contributed by atoms with Crippen LogP contribution < -0.4 is 4.74 Å². The third kappa shape index (κ3) is 2.99. The Morgan fingerprint density at radius 1 is 0.812 bits per heavy atom. The number of hydrogen-bond donors (Lipinski definition) is 2. The van der Waals surface area contributed by atoms with Crippen LogP contribution in [-0.4, -0.2) is 37.2 Å². The highest BCUT2D eigenvalue weighted by atomic mass is 16.5. The Morgan fingerprint density at radius 2 is 1.72 bits per heavy atom. The lowest BCUT2D eigenvalue weighted by Crippen LogP contribution is -1.87. The molecule has 0 aliphatic carbocycles. The van der Waals surface area contributed by atoms with E-state index >= 15 is 0 Å². The lowest BCUT2D eigenvalue weighted by atomic mass is 10.0. The molecule has 6 aromatic rings. The molecule has 7 nitrogen and oxygen atoms in total. The maximum atomic E-state index is 5.39. The van der Waals surface area contributed by atoms with E-state index in [4.69, 9.17) is 14.7 Å². The van der Waals surface area contributed by atoms with Crippen molar-refractivity contribution in [3.8, 4) is 39.7 Å². The maximum Gasteiger partial charge on any atom is 0.161 e. The second-order valence-corrected chi connectivity index (χ2v) is 7.43. The number of pyridine rings is 2. The van der Waals surface area contributed by atoms with Crippen LogP contribution in [0.1, 0.15) is 0 Å². The van der Waals surface area contributed by atoms with Gasteiger partial charge in [0.05, 0.1) is 29.4 Å².